The minimum absolute atomic E-state index is 0.0731. The number of nitrogen functional groups attached to an aromatic ring is 1. The predicted octanol–water partition coefficient (Wildman–Crippen LogP) is 1.54. The summed E-state index contributed by atoms with van der Waals surface area (Å²) in [5.74, 6) is 0.0731. The number of anilines is 3. The standard InChI is InChI=1S/C15H24N4O/c1-18(2)7-4-8-19(3)14-9-11-5-6-15(20)17-13(11)10-12(14)16/h9-10H,4-8,16H2,1-3H3,(H,17,20). The molecule has 0 spiro atoms. The topological polar surface area (TPSA) is 61.6 Å². The maximum Gasteiger partial charge on any atom is 0.224 e. The number of carbonyl (C=O) groups excluding carboxylic acids is 1. The molecular weight excluding hydrogens is 252 g/mol. The molecule has 0 fully saturated rings. The number of fused-ring (bicyclic) bond motifs is 1. The maximum atomic E-state index is 11.4. The lowest BCUT2D eigenvalue weighted by Crippen LogP contribution is -2.25. The van der Waals surface area contributed by atoms with Gasteiger partial charge in [0, 0.05) is 25.7 Å². The van der Waals surface area contributed by atoms with Crippen molar-refractivity contribution in [3.05, 3.63) is 17.7 Å². The number of nitrogens with two attached hydrogens (primary N) is 1. The molecule has 3 N–H and O–H groups in total. The third-order valence-electron chi connectivity index (χ3n) is 3.66. The summed E-state index contributed by atoms with van der Waals surface area (Å²) in [6, 6.07) is 3.99. The Bertz CT molecular complexity index is 499. The van der Waals surface area contributed by atoms with Crippen molar-refractivity contribution in [1.29, 1.82) is 0 Å². The van der Waals surface area contributed by atoms with Crippen LogP contribution in [-0.4, -0.2) is 45.0 Å². The zero-order chi connectivity index (χ0) is 14.7. The van der Waals surface area contributed by atoms with Crippen molar-refractivity contribution in [2.24, 2.45) is 0 Å². The van der Waals surface area contributed by atoms with Crippen molar-refractivity contribution in [3.8, 4) is 0 Å². The first-order valence-corrected chi connectivity index (χ1v) is 7.05. The number of nitrogens with one attached hydrogen (secondary N) is 1. The molecule has 2 rings (SSSR count). The third kappa shape index (κ3) is 3.42. The number of aryl methyl sites for hydroxylation is 1. The van der Waals surface area contributed by atoms with Crippen LogP contribution in [0, 0.1) is 0 Å². The van der Waals surface area contributed by atoms with Crippen molar-refractivity contribution in [2.75, 3.05) is 50.2 Å². The number of carbonyl (C=O) groups is 1. The van der Waals surface area contributed by atoms with Gasteiger partial charge in [0.1, 0.15) is 0 Å². The van der Waals surface area contributed by atoms with E-state index < -0.39 is 0 Å². The van der Waals surface area contributed by atoms with Gasteiger partial charge < -0.3 is 20.9 Å². The zero-order valence-corrected chi connectivity index (χ0v) is 12.6. The SMILES string of the molecule is CN(C)CCCN(C)c1cc2c(cc1N)NC(=O)CC2. The van der Waals surface area contributed by atoms with Crippen LogP contribution in [0.15, 0.2) is 12.1 Å². The van der Waals surface area contributed by atoms with Gasteiger partial charge >= 0.3 is 0 Å². The average molecular weight is 276 g/mol. The molecule has 20 heavy (non-hydrogen) atoms. The molecule has 1 aliphatic rings. The first kappa shape index (κ1) is 14.7. The van der Waals surface area contributed by atoms with E-state index in [9.17, 15) is 4.79 Å². The van der Waals surface area contributed by atoms with E-state index in [-0.39, 0.29) is 5.91 Å². The quantitative estimate of drug-likeness (QED) is 0.801. The van der Waals surface area contributed by atoms with E-state index in [2.05, 4.69) is 42.3 Å². The first-order chi connectivity index (χ1) is 9.47. The second kappa shape index (κ2) is 6.13. The number of hydrogen-bond donors (Lipinski definition) is 2. The Balaban J connectivity index is 2.10. The van der Waals surface area contributed by atoms with Gasteiger partial charge in [0.15, 0.2) is 0 Å². The molecule has 1 aromatic rings. The Labute approximate surface area is 120 Å². The minimum Gasteiger partial charge on any atom is -0.397 e. The molecule has 0 bridgehead atoms. The molecule has 1 aromatic carbocycles. The molecule has 0 saturated carbocycles. The summed E-state index contributed by atoms with van der Waals surface area (Å²) in [7, 11) is 6.22. The fraction of sp³-hybridized carbons (Fsp3) is 0.533. The van der Waals surface area contributed by atoms with Crippen molar-refractivity contribution in [2.45, 2.75) is 19.3 Å². The molecule has 1 amide bonds. The van der Waals surface area contributed by atoms with Gasteiger partial charge in [-0.2, -0.15) is 0 Å². The van der Waals surface area contributed by atoms with Crippen molar-refractivity contribution in [3.63, 3.8) is 0 Å². The number of hydrogen-bond acceptors (Lipinski definition) is 4. The lowest BCUT2D eigenvalue weighted by atomic mass is 10.0. The summed E-state index contributed by atoms with van der Waals surface area (Å²) < 4.78 is 0. The molecular formula is C15H24N4O. The number of rotatable bonds is 5. The molecule has 0 saturated heterocycles. The molecule has 110 valence electrons. The van der Waals surface area contributed by atoms with Crippen LogP contribution >= 0.6 is 0 Å². The maximum absolute atomic E-state index is 11.4. The second-order valence-electron chi connectivity index (χ2n) is 5.69. The minimum atomic E-state index is 0.0731. The Morgan fingerprint density at radius 3 is 2.65 bits per heavy atom. The van der Waals surface area contributed by atoms with E-state index in [1.807, 2.05) is 6.07 Å². The average Bonchev–Trinajstić information content (AvgIpc) is 2.37. The summed E-state index contributed by atoms with van der Waals surface area (Å²) >= 11 is 0. The highest BCUT2D eigenvalue weighted by atomic mass is 16.1. The fourth-order valence-electron chi connectivity index (χ4n) is 2.51. The highest BCUT2D eigenvalue weighted by molar-refractivity contribution is 5.95. The molecule has 1 heterocycles. The normalized spacial score (nSPS) is 14.1. The lowest BCUT2D eigenvalue weighted by molar-refractivity contribution is -0.116. The molecule has 0 unspecified atom stereocenters. The molecule has 0 atom stereocenters. The van der Waals surface area contributed by atoms with Crippen molar-refractivity contribution in [1.82, 2.24) is 4.90 Å². The molecule has 5 nitrogen and oxygen atoms in total. The summed E-state index contributed by atoms with van der Waals surface area (Å²) in [4.78, 5) is 15.8. The van der Waals surface area contributed by atoms with Gasteiger partial charge in [0.25, 0.3) is 0 Å². The van der Waals surface area contributed by atoms with E-state index >= 15 is 0 Å². The third-order valence-corrected chi connectivity index (χ3v) is 3.66. The van der Waals surface area contributed by atoms with Crippen LogP contribution in [0.2, 0.25) is 0 Å². The van der Waals surface area contributed by atoms with Crippen LogP contribution in [0.5, 0.6) is 0 Å². The smallest absolute Gasteiger partial charge is 0.224 e. The zero-order valence-electron chi connectivity index (χ0n) is 12.6. The van der Waals surface area contributed by atoms with Crippen LogP contribution in [0.25, 0.3) is 0 Å². The lowest BCUT2D eigenvalue weighted by Gasteiger charge is -2.25. The van der Waals surface area contributed by atoms with Gasteiger partial charge in [-0.25, -0.2) is 0 Å². The Hall–Kier alpha value is -1.75. The van der Waals surface area contributed by atoms with E-state index in [1.54, 1.807) is 0 Å². The number of amides is 1. The van der Waals surface area contributed by atoms with Gasteiger partial charge in [-0.15, -0.1) is 0 Å². The number of benzene rings is 1. The fourth-order valence-corrected chi connectivity index (χ4v) is 2.51. The summed E-state index contributed by atoms with van der Waals surface area (Å²) in [5, 5.41) is 2.88. The van der Waals surface area contributed by atoms with Gasteiger partial charge in [0.05, 0.1) is 11.4 Å². The number of nitrogens with zero attached hydrogens (tertiary/aromatic N) is 2. The van der Waals surface area contributed by atoms with Crippen molar-refractivity contribution < 1.29 is 4.79 Å². The second-order valence-corrected chi connectivity index (χ2v) is 5.69. The van der Waals surface area contributed by atoms with Crippen LogP contribution in [0.3, 0.4) is 0 Å². The highest BCUT2D eigenvalue weighted by Crippen LogP contribution is 2.32. The first-order valence-electron chi connectivity index (χ1n) is 7.05. The van der Waals surface area contributed by atoms with Crippen LogP contribution in [-0.2, 0) is 11.2 Å². The van der Waals surface area contributed by atoms with Gasteiger partial charge in [-0.05, 0) is 51.2 Å². The summed E-state index contributed by atoms with van der Waals surface area (Å²) in [5.41, 5.74) is 9.93. The Kier molecular flexibility index (Phi) is 4.49. The highest BCUT2D eigenvalue weighted by Gasteiger charge is 2.17. The van der Waals surface area contributed by atoms with Gasteiger partial charge in [-0.3, -0.25) is 4.79 Å². The largest absolute Gasteiger partial charge is 0.397 e. The Morgan fingerprint density at radius 1 is 1.20 bits per heavy atom. The van der Waals surface area contributed by atoms with Gasteiger partial charge in [0.2, 0.25) is 5.91 Å². The van der Waals surface area contributed by atoms with E-state index in [4.69, 9.17) is 5.73 Å². The summed E-state index contributed by atoms with van der Waals surface area (Å²) in [6.07, 6.45) is 2.44. The van der Waals surface area contributed by atoms with Crippen LogP contribution in [0.1, 0.15) is 18.4 Å². The monoisotopic (exact) mass is 276 g/mol. The molecule has 0 radical (unpaired) electrons. The molecule has 0 aliphatic carbocycles. The van der Waals surface area contributed by atoms with Gasteiger partial charge in [-0.1, -0.05) is 0 Å². The van der Waals surface area contributed by atoms with Crippen LogP contribution in [0.4, 0.5) is 17.1 Å². The summed E-state index contributed by atoms with van der Waals surface area (Å²) in [6.45, 7) is 2.03. The molecule has 0 aromatic heterocycles. The van der Waals surface area contributed by atoms with E-state index in [0.717, 1.165) is 43.0 Å². The van der Waals surface area contributed by atoms with E-state index in [0.29, 0.717) is 6.42 Å². The molecule has 1 aliphatic heterocycles. The van der Waals surface area contributed by atoms with Crippen LogP contribution < -0.4 is 16.0 Å². The molecule has 5 heteroatoms. The van der Waals surface area contributed by atoms with Crippen molar-refractivity contribution >= 4 is 23.0 Å². The van der Waals surface area contributed by atoms with E-state index in [1.165, 1.54) is 5.56 Å². The Morgan fingerprint density at radius 2 is 1.95 bits per heavy atom. The predicted molar refractivity (Wildman–Crippen MR) is 84.2 cm³/mol.